The standard InChI is InChI=1S/C19H28N4O6/c1-19(2,3)29-18(26)20(4)10-14-6-5-9-21(11-14)17(25)13-22-12-15(23(27)28)7-8-16(22)24/h7-8,12,14H,5-6,9-11,13H2,1-4H3. The molecule has 2 amide bonds. The molecule has 1 saturated heterocycles. The van der Waals surface area contributed by atoms with Crippen molar-refractivity contribution in [1.82, 2.24) is 14.4 Å². The number of nitrogens with zero attached hydrogens (tertiary/aromatic N) is 4. The molecule has 1 unspecified atom stereocenters. The summed E-state index contributed by atoms with van der Waals surface area (Å²) in [5.74, 6) is -0.190. The van der Waals surface area contributed by atoms with Crippen LogP contribution in [-0.4, -0.2) is 63.6 Å². The van der Waals surface area contributed by atoms with Gasteiger partial charge in [-0.25, -0.2) is 4.79 Å². The van der Waals surface area contributed by atoms with Crippen LogP contribution in [0.15, 0.2) is 23.1 Å². The van der Waals surface area contributed by atoms with Crippen LogP contribution in [0.4, 0.5) is 10.5 Å². The molecule has 2 heterocycles. The quantitative estimate of drug-likeness (QED) is 0.542. The molecule has 0 radical (unpaired) electrons. The lowest BCUT2D eigenvalue weighted by Gasteiger charge is -2.35. The Labute approximate surface area is 169 Å². The third-order valence-electron chi connectivity index (χ3n) is 4.59. The van der Waals surface area contributed by atoms with Crippen LogP contribution in [0.25, 0.3) is 0 Å². The van der Waals surface area contributed by atoms with E-state index in [0.717, 1.165) is 35.7 Å². The number of hydrogen-bond donors (Lipinski definition) is 0. The van der Waals surface area contributed by atoms with E-state index in [1.54, 1.807) is 32.7 Å². The maximum atomic E-state index is 12.6. The van der Waals surface area contributed by atoms with E-state index in [4.69, 9.17) is 4.74 Å². The van der Waals surface area contributed by atoms with Crippen LogP contribution >= 0.6 is 0 Å². The highest BCUT2D eigenvalue weighted by molar-refractivity contribution is 5.76. The van der Waals surface area contributed by atoms with Gasteiger partial charge < -0.3 is 14.5 Å². The Morgan fingerprint density at radius 1 is 1.34 bits per heavy atom. The van der Waals surface area contributed by atoms with Crippen molar-refractivity contribution in [3.8, 4) is 0 Å². The average molecular weight is 408 g/mol. The number of amides is 2. The number of ether oxygens (including phenoxy) is 1. The first-order chi connectivity index (χ1) is 13.5. The van der Waals surface area contributed by atoms with Crippen LogP contribution in [0.3, 0.4) is 0 Å². The van der Waals surface area contributed by atoms with Gasteiger partial charge in [-0.1, -0.05) is 0 Å². The van der Waals surface area contributed by atoms with Crippen molar-refractivity contribution in [3.05, 3.63) is 38.8 Å². The summed E-state index contributed by atoms with van der Waals surface area (Å²) >= 11 is 0. The van der Waals surface area contributed by atoms with E-state index in [0.29, 0.717) is 19.6 Å². The molecule has 2 rings (SSSR count). The van der Waals surface area contributed by atoms with Gasteiger partial charge in [-0.15, -0.1) is 0 Å². The highest BCUT2D eigenvalue weighted by Gasteiger charge is 2.27. The molecule has 0 saturated carbocycles. The molecule has 1 atom stereocenters. The van der Waals surface area contributed by atoms with E-state index in [1.807, 2.05) is 0 Å². The van der Waals surface area contributed by atoms with E-state index in [9.17, 15) is 24.5 Å². The zero-order valence-electron chi connectivity index (χ0n) is 17.3. The Kier molecular flexibility index (Phi) is 6.99. The van der Waals surface area contributed by atoms with Crippen molar-refractivity contribution < 1.29 is 19.2 Å². The summed E-state index contributed by atoms with van der Waals surface area (Å²) in [6, 6.07) is 2.20. The van der Waals surface area contributed by atoms with Crippen LogP contribution in [-0.2, 0) is 16.1 Å². The minimum Gasteiger partial charge on any atom is -0.444 e. The van der Waals surface area contributed by atoms with Gasteiger partial charge in [0, 0.05) is 38.8 Å². The highest BCUT2D eigenvalue weighted by Crippen LogP contribution is 2.19. The predicted octanol–water partition coefficient (Wildman–Crippen LogP) is 1.86. The second kappa shape index (κ2) is 9.06. The summed E-state index contributed by atoms with van der Waals surface area (Å²) in [5.41, 5.74) is -1.29. The van der Waals surface area contributed by atoms with E-state index >= 15 is 0 Å². The molecule has 0 spiro atoms. The molecule has 160 valence electrons. The van der Waals surface area contributed by atoms with Gasteiger partial charge in [0.15, 0.2) is 0 Å². The molecular formula is C19H28N4O6. The summed E-state index contributed by atoms with van der Waals surface area (Å²) in [7, 11) is 1.66. The highest BCUT2D eigenvalue weighted by atomic mass is 16.6. The van der Waals surface area contributed by atoms with Gasteiger partial charge in [0.25, 0.3) is 11.2 Å². The lowest BCUT2D eigenvalue weighted by atomic mass is 9.97. The number of hydrogen-bond acceptors (Lipinski definition) is 6. The monoisotopic (exact) mass is 408 g/mol. The summed E-state index contributed by atoms with van der Waals surface area (Å²) < 4.78 is 6.40. The smallest absolute Gasteiger partial charge is 0.410 e. The Hall–Kier alpha value is -2.91. The second-order valence-corrected chi connectivity index (χ2v) is 8.32. The first kappa shape index (κ1) is 22.4. The molecule has 1 aromatic rings. The van der Waals surface area contributed by atoms with E-state index in [1.165, 1.54) is 4.90 Å². The minimum absolute atomic E-state index is 0.0899. The Morgan fingerprint density at radius 3 is 2.66 bits per heavy atom. The Bertz CT molecular complexity index is 829. The molecular weight excluding hydrogens is 380 g/mol. The van der Waals surface area contributed by atoms with Crippen LogP contribution in [0.1, 0.15) is 33.6 Å². The van der Waals surface area contributed by atoms with Crippen LogP contribution < -0.4 is 5.56 Å². The number of rotatable bonds is 5. The fourth-order valence-corrected chi connectivity index (χ4v) is 3.24. The largest absolute Gasteiger partial charge is 0.444 e. The lowest BCUT2D eigenvalue weighted by molar-refractivity contribution is -0.385. The number of nitro groups is 1. The molecule has 0 aliphatic carbocycles. The number of aromatic nitrogens is 1. The van der Waals surface area contributed by atoms with Gasteiger partial charge >= 0.3 is 6.09 Å². The number of pyridine rings is 1. The molecule has 1 aromatic heterocycles. The lowest BCUT2D eigenvalue weighted by Crippen LogP contribution is -2.46. The molecule has 10 nitrogen and oxygen atoms in total. The van der Waals surface area contributed by atoms with E-state index < -0.39 is 22.2 Å². The minimum atomic E-state index is -0.607. The number of carbonyl (C=O) groups is 2. The second-order valence-electron chi connectivity index (χ2n) is 8.32. The fourth-order valence-electron chi connectivity index (χ4n) is 3.24. The van der Waals surface area contributed by atoms with Crippen molar-refractivity contribution in [2.45, 2.75) is 45.8 Å². The van der Waals surface area contributed by atoms with Gasteiger partial charge in [-0.05, 0) is 39.5 Å². The van der Waals surface area contributed by atoms with Crippen molar-refractivity contribution in [2.24, 2.45) is 5.92 Å². The first-order valence-electron chi connectivity index (χ1n) is 9.53. The topological polar surface area (TPSA) is 115 Å². The maximum Gasteiger partial charge on any atom is 0.410 e. The van der Waals surface area contributed by atoms with Gasteiger partial charge in [0.2, 0.25) is 5.91 Å². The summed E-state index contributed by atoms with van der Waals surface area (Å²) in [6.45, 7) is 6.61. The van der Waals surface area contributed by atoms with Gasteiger partial charge in [-0.3, -0.25) is 24.3 Å². The molecule has 0 N–H and O–H groups in total. The summed E-state index contributed by atoms with van der Waals surface area (Å²) in [5, 5.41) is 10.9. The van der Waals surface area contributed by atoms with E-state index in [2.05, 4.69) is 0 Å². The SMILES string of the molecule is CN(CC1CCCN(C(=O)Cn2cc([N+](=O)[O-])ccc2=O)C1)C(=O)OC(C)(C)C. The van der Waals surface area contributed by atoms with Crippen molar-refractivity contribution >= 4 is 17.7 Å². The normalized spacial score (nSPS) is 17.0. The summed E-state index contributed by atoms with van der Waals surface area (Å²) in [4.78, 5) is 50.1. The molecule has 1 fully saturated rings. The molecule has 1 aliphatic rings. The van der Waals surface area contributed by atoms with Crippen LogP contribution in [0.5, 0.6) is 0 Å². The van der Waals surface area contributed by atoms with Crippen molar-refractivity contribution in [3.63, 3.8) is 0 Å². The third-order valence-corrected chi connectivity index (χ3v) is 4.59. The van der Waals surface area contributed by atoms with Crippen LogP contribution in [0.2, 0.25) is 0 Å². The van der Waals surface area contributed by atoms with Gasteiger partial charge in [0.1, 0.15) is 12.1 Å². The first-order valence-corrected chi connectivity index (χ1v) is 9.53. The molecule has 29 heavy (non-hydrogen) atoms. The molecule has 0 bridgehead atoms. The summed E-state index contributed by atoms with van der Waals surface area (Å²) in [6.07, 6.45) is 2.32. The maximum absolute atomic E-state index is 12.6. The zero-order chi connectivity index (χ0) is 21.8. The number of likely N-dealkylation sites (tertiary alicyclic amines) is 1. The Balaban J connectivity index is 1.97. The fraction of sp³-hybridized carbons (Fsp3) is 0.632. The predicted molar refractivity (Wildman–Crippen MR) is 106 cm³/mol. The van der Waals surface area contributed by atoms with Crippen LogP contribution in [0, 0.1) is 16.0 Å². The van der Waals surface area contributed by atoms with Crippen molar-refractivity contribution in [1.29, 1.82) is 0 Å². The zero-order valence-corrected chi connectivity index (χ0v) is 17.3. The van der Waals surface area contributed by atoms with E-state index in [-0.39, 0.29) is 24.1 Å². The van der Waals surface area contributed by atoms with Gasteiger partial charge in [-0.2, -0.15) is 0 Å². The Morgan fingerprint density at radius 2 is 2.03 bits per heavy atom. The average Bonchev–Trinajstić information content (AvgIpc) is 2.62. The molecule has 1 aliphatic heterocycles. The molecule has 10 heteroatoms. The van der Waals surface area contributed by atoms with Gasteiger partial charge in [0.05, 0.1) is 11.1 Å². The number of carbonyl (C=O) groups excluding carboxylic acids is 2. The van der Waals surface area contributed by atoms with Crippen molar-refractivity contribution in [2.75, 3.05) is 26.7 Å². The third kappa shape index (κ3) is 6.58. The molecule has 0 aromatic carbocycles. The number of piperidine rings is 1.